The number of carbonyl (C=O) groups excluding carboxylic acids is 2. The van der Waals surface area contributed by atoms with Gasteiger partial charge in [-0.2, -0.15) is 0 Å². The number of hydrogen-bond acceptors (Lipinski definition) is 6. The number of methoxy groups -OCH3 is 3. The molecule has 0 aromatic heterocycles. The molecule has 1 aliphatic heterocycles. The summed E-state index contributed by atoms with van der Waals surface area (Å²) in [4.78, 5) is 28.4. The molecule has 7 nitrogen and oxygen atoms in total. The van der Waals surface area contributed by atoms with Crippen molar-refractivity contribution >= 4 is 11.7 Å². The summed E-state index contributed by atoms with van der Waals surface area (Å²) in [7, 11) is 4.58. The van der Waals surface area contributed by atoms with Crippen LogP contribution in [0.25, 0.3) is 0 Å². The maximum Gasteiger partial charge on any atom is 0.290 e. The molecule has 0 saturated heterocycles. The van der Waals surface area contributed by atoms with Crippen molar-refractivity contribution in [2.24, 2.45) is 5.41 Å². The van der Waals surface area contributed by atoms with Gasteiger partial charge in [0.2, 0.25) is 0 Å². The minimum atomic E-state index is -1.53. The fraction of sp³-hybridized carbons (Fsp3) is 0.360. The van der Waals surface area contributed by atoms with Crippen LogP contribution in [0.3, 0.4) is 0 Å². The summed E-state index contributed by atoms with van der Waals surface area (Å²) >= 11 is 0. The summed E-state index contributed by atoms with van der Waals surface area (Å²) < 4.78 is 16.1. The molecule has 0 saturated carbocycles. The summed E-state index contributed by atoms with van der Waals surface area (Å²) in [5.74, 6) is 0.203. The summed E-state index contributed by atoms with van der Waals surface area (Å²) in [5.41, 5.74) is -1.09. The molecule has 0 aliphatic carbocycles. The first kappa shape index (κ1) is 23.2. The van der Waals surface area contributed by atoms with E-state index in [-0.39, 0.29) is 12.3 Å². The molecule has 1 N–H and O–H groups in total. The van der Waals surface area contributed by atoms with Crippen LogP contribution in [0.5, 0.6) is 17.2 Å². The highest BCUT2D eigenvalue weighted by Crippen LogP contribution is 2.45. The Bertz CT molecular complexity index is 1070. The molecule has 0 radical (unpaired) electrons. The van der Waals surface area contributed by atoms with Gasteiger partial charge in [-0.05, 0) is 35.4 Å². The number of aliphatic hydroxyl groups excluding tert-OH is 1. The third-order valence-electron chi connectivity index (χ3n) is 5.56. The van der Waals surface area contributed by atoms with Crippen molar-refractivity contribution < 1.29 is 28.9 Å². The van der Waals surface area contributed by atoms with Gasteiger partial charge in [0, 0.05) is 18.0 Å². The van der Waals surface area contributed by atoms with Crippen molar-refractivity contribution in [3.63, 3.8) is 0 Å². The lowest BCUT2D eigenvalue weighted by molar-refractivity contribution is -0.145. The molecule has 170 valence electrons. The zero-order valence-corrected chi connectivity index (χ0v) is 19.3. The van der Waals surface area contributed by atoms with E-state index in [2.05, 4.69) is 0 Å². The first-order valence-corrected chi connectivity index (χ1v) is 10.2. The SMILES string of the molecule is COc1cccc(CN2C(=O)C(O)=CC2(C(=O)C(C)(C)C)c2ccc(OC)c(OC)c2)c1. The van der Waals surface area contributed by atoms with E-state index >= 15 is 0 Å². The van der Waals surface area contributed by atoms with Crippen LogP contribution in [0.2, 0.25) is 0 Å². The fourth-order valence-corrected chi connectivity index (χ4v) is 3.99. The number of ketones is 1. The average Bonchev–Trinajstić information content (AvgIpc) is 3.03. The van der Waals surface area contributed by atoms with E-state index in [4.69, 9.17) is 14.2 Å². The molecule has 1 unspecified atom stereocenters. The fourth-order valence-electron chi connectivity index (χ4n) is 3.99. The van der Waals surface area contributed by atoms with E-state index in [0.717, 1.165) is 5.56 Å². The second-order valence-electron chi connectivity index (χ2n) is 8.69. The molecule has 0 fully saturated rings. The molecule has 0 bridgehead atoms. The zero-order valence-electron chi connectivity index (χ0n) is 19.3. The number of ether oxygens (including phenoxy) is 3. The number of benzene rings is 2. The van der Waals surface area contributed by atoms with E-state index in [9.17, 15) is 14.7 Å². The molecule has 2 aromatic carbocycles. The minimum Gasteiger partial charge on any atom is -0.503 e. The Morgan fingerprint density at radius 3 is 2.28 bits per heavy atom. The van der Waals surface area contributed by atoms with E-state index in [0.29, 0.717) is 22.8 Å². The van der Waals surface area contributed by atoms with Gasteiger partial charge in [-0.15, -0.1) is 0 Å². The second kappa shape index (κ2) is 8.57. The van der Waals surface area contributed by atoms with E-state index in [1.165, 1.54) is 25.2 Å². The van der Waals surface area contributed by atoms with Gasteiger partial charge in [0.25, 0.3) is 5.91 Å². The van der Waals surface area contributed by atoms with Gasteiger partial charge in [0.05, 0.1) is 21.3 Å². The Kier molecular flexibility index (Phi) is 6.21. The molecular formula is C25H29NO6. The van der Waals surface area contributed by atoms with Crippen molar-refractivity contribution in [3.8, 4) is 17.2 Å². The number of hydrogen-bond donors (Lipinski definition) is 1. The highest BCUT2D eigenvalue weighted by molar-refractivity contribution is 6.06. The molecular weight excluding hydrogens is 410 g/mol. The first-order valence-electron chi connectivity index (χ1n) is 10.2. The molecule has 1 aliphatic rings. The third-order valence-corrected chi connectivity index (χ3v) is 5.56. The van der Waals surface area contributed by atoms with E-state index in [1.807, 2.05) is 12.1 Å². The van der Waals surface area contributed by atoms with E-state index < -0.39 is 22.6 Å². The Morgan fingerprint density at radius 2 is 1.69 bits per heavy atom. The van der Waals surface area contributed by atoms with Gasteiger partial charge in [-0.3, -0.25) is 9.59 Å². The predicted octanol–water partition coefficient (Wildman–Crippen LogP) is 4.01. The molecule has 2 aromatic rings. The van der Waals surface area contributed by atoms with Gasteiger partial charge in [0.15, 0.2) is 28.6 Å². The van der Waals surface area contributed by atoms with Crippen LogP contribution in [-0.2, 0) is 21.7 Å². The van der Waals surface area contributed by atoms with Crippen LogP contribution in [-0.4, -0.2) is 43.0 Å². The highest BCUT2D eigenvalue weighted by atomic mass is 16.5. The summed E-state index contributed by atoms with van der Waals surface area (Å²) in [6.07, 6.45) is 1.34. The molecule has 0 spiro atoms. The van der Waals surface area contributed by atoms with Crippen molar-refractivity contribution in [1.29, 1.82) is 0 Å². The average molecular weight is 440 g/mol. The summed E-state index contributed by atoms with van der Waals surface area (Å²) in [6.45, 7) is 5.45. The number of amides is 1. The summed E-state index contributed by atoms with van der Waals surface area (Å²) in [5, 5.41) is 10.5. The molecule has 32 heavy (non-hydrogen) atoms. The largest absolute Gasteiger partial charge is 0.503 e. The molecule has 1 atom stereocenters. The van der Waals surface area contributed by atoms with Crippen molar-refractivity contribution in [1.82, 2.24) is 4.90 Å². The van der Waals surface area contributed by atoms with Crippen LogP contribution in [0.4, 0.5) is 0 Å². The van der Waals surface area contributed by atoms with Crippen LogP contribution in [0.15, 0.2) is 54.3 Å². The predicted molar refractivity (Wildman–Crippen MR) is 120 cm³/mol. The molecule has 1 amide bonds. The van der Waals surface area contributed by atoms with Gasteiger partial charge < -0.3 is 24.2 Å². The number of carbonyl (C=O) groups is 2. The number of rotatable bonds is 7. The van der Waals surface area contributed by atoms with Crippen molar-refractivity contribution in [3.05, 3.63) is 65.4 Å². The lowest BCUT2D eigenvalue weighted by atomic mass is 9.73. The number of Topliss-reactive ketones (excluding diaryl/α,β-unsaturated/α-hetero) is 1. The third kappa shape index (κ3) is 3.90. The Hall–Kier alpha value is -3.48. The van der Waals surface area contributed by atoms with Gasteiger partial charge in [-0.1, -0.05) is 39.0 Å². The maximum atomic E-state index is 13.9. The Labute approximate surface area is 188 Å². The molecule has 3 rings (SSSR count). The highest BCUT2D eigenvalue weighted by Gasteiger charge is 2.55. The molecule has 7 heteroatoms. The van der Waals surface area contributed by atoms with Crippen LogP contribution >= 0.6 is 0 Å². The zero-order chi connectivity index (χ0) is 23.7. The quantitative estimate of drug-likeness (QED) is 0.702. The van der Waals surface area contributed by atoms with Crippen molar-refractivity contribution in [2.45, 2.75) is 32.9 Å². The smallest absolute Gasteiger partial charge is 0.290 e. The standard InChI is InChI=1S/C25H29NO6/c1-24(2,3)23(29)25(17-10-11-20(31-5)21(13-17)32-6)14-19(27)22(28)26(25)15-16-8-7-9-18(12-16)30-4/h7-14,27H,15H2,1-6H3. The first-order chi connectivity index (χ1) is 15.1. The minimum absolute atomic E-state index is 0.0900. The monoisotopic (exact) mass is 439 g/mol. The lowest BCUT2D eigenvalue weighted by Crippen LogP contribution is -2.53. The summed E-state index contributed by atoms with van der Waals surface area (Å²) in [6, 6.07) is 12.3. The van der Waals surface area contributed by atoms with Crippen LogP contribution in [0, 0.1) is 5.41 Å². The number of aliphatic hydroxyl groups is 1. The normalized spacial score (nSPS) is 18.4. The topological polar surface area (TPSA) is 85.3 Å². The second-order valence-corrected chi connectivity index (χ2v) is 8.69. The number of nitrogens with zero attached hydrogens (tertiary/aromatic N) is 1. The van der Waals surface area contributed by atoms with Crippen molar-refractivity contribution in [2.75, 3.05) is 21.3 Å². The van der Waals surface area contributed by atoms with Crippen LogP contribution < -0.4 is 14.2 Å². The lowest BCUT2D eigenvalue weighted by Gasteiger charge is -2.40. The van der Waals surface area contributed by atoms with E-state index in [1.54, 1.807) is 58.2 Å². The Balaban J connectivity index is 2.24. The molecule has 1 heterocycles. The van der Waals surface area contributed by atoms with Gasteiger partial charge in [-0.25, -0.2) is 0 Å². The van der Waals surface area contributed by atoms with Gasteiger partial charge in [0.1, 0.15) is 5.75 Å². The Morgan fingerprint density at radius 1 is 1.00 bits per heavy atom. The van der Waals surface area contributed by atoms with Gasteiger partial charge >= 0.3 is 0 Å². The van der Waals surface area contributed by atoms with Crippen LogP contribution in [0.1, 0.15) is 31.9 Å². The maximum absolute atomic E-state index is 13.9.